The minimum absolute atomic E-state index is 0.466. The highest BCUT2D eigenvalue weighted by Gasteiger charge is 2.19. The molecule has 104 valence electrons. The summed E-state index contributed by atoms with van der Waals surface area (Å²) < 4.78 is 0. The van der Waals surface area contributed by atoms with E-state index in [1.807, 2.05) is 12.1 Å². The van der Waals surface area contributed by atoms with Crippen LogP contribution in [-0.4, -0.2) is 18.9 Å². The number of para-hydroxylation sites is 1. The van der Waals surface area contributed by atoms with E-state index in [2.05, 4.69) is 5.32 Å². The van der Waals surface area contributed by atoms with E-state index in [9.17, 15) is 9.59 Å². The quantitative estimate of drug-likeness (QED) is 0.856. The molecule has 1 N–H and O–H groups in total. The summed E-state index contributed by atoms with van der Waals surface area (Å²) in [5.74, 6) is -1.39. The van der Waals surface area contributed by atoms with E-state index in [-0.39, 0.29) is 0 Å². The molecule has 0 aliphatic carbocycles. The molecule has 2 amide bonds. The van der Waals surface area contributed by atoms with Gasteiger partial charge in [-0.15, -0.1) is 0 Å². The Morgan fingerprint density at radius 2 is 1.67 bits per heavy atom. The lowest BCUT2D eigenvalue weighted by Crippen LogP contribution is -2.37. The Morgan fingerprint density at radius 1 is 1.05 bits per heavy atom. The molecule has 2 aromatic rings. The summed E-state index contributed by atoms with van der Waals surface area (Å²) in [6, 6.07) is 17.2. The van der Waals surface area contributed by atoms with Gasteiger partial charge in [0.15, 0.2) is 0 Å². The van der Waals surface area contributed by atoms with E-state index in [0.717, 1.165) is 0 Å². The zero-order valence-electron chi connectivity index (χ0n) is 11.4. The van der Waals surface area contributed by atoms with Gasteiger partial charge in [-0.05, 0) is 36.4 Å². The van der Waals surface area contributed by atoms with Crippen molar-refractivity contribution >= 4 is 23.2 Å². The molecule has 0 fully saturated rings. The Labute approximate surface area is 122 Å². The fraction of sp³-hybridized carbons (Fsp3) is 0.0625. The Kier molecular flexibility index (Phi) is 4.32. The van der Waals surface area contributed by atoms with Gasteiger partial charge in [0.2, 0.25) is 0 Å². The highest BCUT2D eigenvalue weighted by Crippen LogP contribution is 2.13. The Hall–Kier alpha value is -3.13. The summed E-state index contributed by atoms with van der Waals surface area (Å²) in [5, 5.41) is 11.2. The molecule has 2 aromatic carbocycles. The first-order valence-corrected chi connectivity index (χ1v) is 6.26. The summed E-state index contributed by atoms with van der Waals surface area (Å²) >= 11 is 0. The van der Waals surface area contributed by atoms with Crippen LogP contribution >= 0.6 is 0 Å². The average molecular weight is 279 g/mol. The number of nitrogens with one attached hydrogen (secondary N) is 1. The molecule has 0 spiro atoms. The van der Waals surface area contributed by atoms with E-state index in [1.54, 1.807) is 48.5 Å². The number of amides is 2. The summed E-state index contributed by atoms with van der Waals surface area (Å²) in [4.78, 5) is 25.2. The Bertz CT molecular complexity index is 688. The molecule has 5 heteroatoms. The molecule has 0 unspecified atom stereocenters. The normalized spacial score (nSPS) is 9.52. The zero-order valence-corrected chi connectivity index (χ0v) is 11.4. The maximum absolute atomic E-state index is 12.0. The fourth-order valence-electron chi connectivity index (χ4n) is 1.73. The van der Waals surface area contributed by atoms with Crippen molar-refractivity contribution in [2.45, 2.75) is 0 Å². The number of carbonyl (C=O) groups excluding carboxylic acids is 2. The number of hydrogen-bond donors (Lipinski definition) is 1. The van der Waals surface area contributed by atoms with Crippen LogP contribution in [0.1, 0.15) is 5.56 Å². The van der Waals surface area contributed by atoms with Gasteiger partial charge in [0.05, 0.1) is 11.6 Å². The van der Waals surface area contributed by atoms with Crippen molar-refractivity contribution in [2.75, 3.05) is 17.3 Å². The molecule has 0 saturated heterocycles. The number of likely N-dealkylation sites (N-methyl/N-ethyl adjacent to an activating group) is 1. The Morgan fingerprint density at radius 3 is 2.24 bits per heavy atom. The molecule has 0 bridgehead atoms. The molecule has 0 aromatic heterocycles. The number of carbonyl (C=O) groups is 2. The molecule has 0 aliphatic rings. The number of hydrogen-bond acceptors (Lipinski definition) is 3. The molecule has 0 aliphatic heterocycles. The second kappa shape index (κ2) is 6.35. The van der Waals surface area contributed by atoms with Crippen molar-refractivity contribution in [3.63, 3.8) is 0 Å². The van der Waals surface area contributed by atoms with E-state index in [1.165, 1.54) is 11.9 Å². The lowest BCUT2D eigenvalue weighted by atomic mass is 10.2. The van der Waals surface area contributed by atoms with E-state index < -0.39 is 11.8 Å². The van der Waals surface area contributed by atoms with Gasteiger partial charge in [-0.1, -0.05) is 18.2 Å². The number of nitriles is 1. The largest absolute Gasteiger partial charge is 0.318 e. The van der Waals surface area contributed by atoms with Gasteiger partial charge in [0.1, 0.15) is 0 Å². The molecule has 0 radical (unpaired) electrons. The van der Waals surface area contributed by atoms with Crippen molar-refractivity contribution in [1.82, 2.24) is 0 Å². The zero-order chi connectivity index (χ0) is 15.2. The highest BCUT2D eigenvalue weighted by atomic mass is 16.2. The van der Waals surface area contributed by atoms with Gasteiger partial charge in [0.25, 0.3) is 0 Å². The maximum Gasteiger partial charge on any atom is 0.316 e. The molecular formula is C16H13N3O2. The van der Waals surface area contributed by atoms with Crippen LogP contribution in [0.25, 0.3) is 0 Å². The molecule has 0 saturated carbocycles. The first-order valence-electron chi connectivity index (χ1n) is 6.26. The minimum atomic E-state index is -0.730. The van der Waals surface area contributed by atoms with Crippen LogP contribution < -0.4 is 10.2 Å². The monoisotopic (exact) mass is 279 g/mol. The second-order valence-corrected chi connectivity index (χ2v) is 4.34. The van der Waals surface area contributed by atoms with Crippen LogP contribution in [0.4, 0.5) is 11.4 Å². The molecule has 0 heterocycles. The van der Waals surface area contributed by atoms with Crippen molar-refractivity contribution in [3.05, 3.63) is 60.2 Å². The molecule has 0 atom stereocenters. The third-order valence-electron chi connectivity index (χ3n) is 2.91. The standard InChI is InChI=1S/C16H13N3O2/c1-19(14-5-3-2-4-6-14)16(21)15(20)18-13-9-7-12(11-17)8-10-13/h2-10H,1H3,(H,18,20). The van der Waals surface area contributed by atoms with Crippen molar-refractivity contribution in [2.24, 2.45) is 0 Å². The predicted molar refractivity (Wildman–Crippen MR) is 79.6 cm³/mol. The van der Waals surface area contributed by atoms with Crippen molar-refractivity contribution in [3.8, 4) is 6.07 Å². The van der Waals surface area contributed by atoms with Crippen LogP contribution in [0, 0.1) is 11.3 Å². The lowest BCUT2D eigenvalue weighted by molar-refractivity contribution is -0.134. The number of anilines is 2. The SMILES string of the molecule is CN(C(=O)C(=O)Nc1ccc(C#N)cc1)c1ccccc1. The van der Waals surface area contributed by atoms with Crippen LogP contribution in [-0.2, 0) is 9.59 Å². The lowest BCUT2D eigenvalue weighted by Gasteiger charge is -2.16. The average Bonchev–Trinajstić information content (AvgIpc) is 2.55. The number of nitrogens with zero attached hydrogens (tertiary/aromatic N) is 2. The molecular weight excluding hydrogens is 266 g/mol. The molecule has 2 rings (SSSR count). The van der Waals surface area contributed by atoms with Gasteiger partial charge in [-0.25, -0.2) is 0 Å². The summed E-state index contributed by atoms with van der Waals surface area (Å²) in [7, 11) is 1.54. The number of benzene rings is 2. The summed E-state index contributed by atoms with van der Waals surface area (Å²) in [6.07, 6.45) is 0. The van der Waals surface area contributed by atoms with Crippen LogP contribution in [0.2, 0.25) is 0 Å². The highest BCUT2D eigenvalue weighted by molar-refractivity contribution is 6.44. The topological polar surface area (TPSA) is 73.2 Å². The maximum atomic E-state index is 12.0. The van der Waals surface area contributed by atoms with Crippen molar-refractivity contribution < 1.29 is 9.59 Å². The fourth-order valence-corrected chi connectivity index (χ4v) is 1.73. The minimum Gasteiger partial charge on any atom is -0.318 e. The van der Waals surface area contributed by atoms with Crippen LogP contribution in [0.5, 0.6) is 0 Å². The first kappa shape index (κ1) is 14.3. The predicted octanol–water partition coefficient (Wildman–Crippen LogP) is 2.16. The second-order valence-electron chi connectivity index (χ2n) is 4.34. The van der Waals surface area contributed by atoms with Crippen molar-refractivity contribution in [1.29, 1.82) is 5.26 Å². The third kappa shape index (κ3) is 3.45. The summed E-state index contributed by atoms with van der Waals surface area (Å²) in [5.41, 5.74) is 1.59. The Balaban J connectivity index is 2.05. The third-order valence-corrected chi connectivity index (χ3v) is 2.91. The van der Waals surface area contributed by atoms with Gasteiger partial charge in [-0.3, -0.25) is 9.59 Å². The van der Waals surface area contributed by atoms with Crippen LogP contribution in [0.15, 0.2) is 54.6 Å². The van der Waals surface area contributed by atoms with E-state index >= 15 is 0 Å². The molecule has 21 heavy (non-hydrogen) atoms. The van der Waals surface area contributed by atoms with E-state index in [4.69, 9.17) is 5.26 Å². The smallest absolute Gasteiger partial charge is 0.316 e. The summed E-state index contributed by atoms with van der Waals surface area (Å²) in [6.45, 7) is 0. The van der Waals surface area contributed by atoms with Gasteiger partial charge >= 0.3 is 11.8 Å². The molecule has 5 nitrogen and oxygen atoms in total. The van der Waals surface area contributed by atoms with Crippen LogP contribution in [0.3, 0.4) is 0 Å². The van der Waals surface area contributed by atoms with Gasteiger partial charge < -0.3 is 10.2 Å². The van der Waals surface area contributed by atoms with Gasteiger partial charge in [0, 0.05) is 18.4 Å². The van der Waals surface area contributed by atoms with Gasteiger partial charge in [-0.2, -0.15) is 5.26 Å². The first-order chi connectivity index (χ1) is 10.1. The number of rotatable bonds is 2. The van der Waals surface area contributed by atoms with E-state index in [0.29, 0.717) is 16.9 Å².